The van der Waals surface area contributed by atoms with E-state index in [2.05, 4.69) is 4.72 Å². The number of nitrogens with one attached hydrogen (secondary N) is 1. The van der Waals surface area contributed by atoms with Crippen molar-refractivity contribution in [2.75, 3.05) is 39.0 Å². The first kappa shape index (κ1) is 18.2. The molecule has 1 fully saturated rings. The molecule has 1 rings (SSSR count). The number of nitrogens with zero attached hydrogens (tertiary/aromatic N) is 1. The lowest BCUT2D eigenvalue weighted by molar-refractivity contribution is -0.155. The van der Waals surface area contributed by atoms with Crippen LogP contribution < -0.4 is 4.72 Å². The Morgan fingerprint density at radius 1 is 1.33 bits per heavy atom. The van der Waals surface area contributed by atoms with Gasteiger partial charge in [-0.2, -0.15) is 13.2 Å². The van der Waals surface area contributed by atoms with Crippen LogP contribution in [0.1, 0.15) is 12.8 Å². The number of carbonyl (C=O) groups excluding carboxylic acids is 1. The number of esters is 1. The highest BCUT2D eigenvalue weighted by Gasteiger charge is 2.34. The van der Waals surface area contributed by atoms with Crippen molar-refractivity contribution in [2.24, 2.45) is 5.92 Å². The minimum absolute atomic E-state index is 0.0164. The van der Waals surface area contributed by atoms with Gasteiger partial charge in [0.2, 0.25) is 10.0 Å². The highest BCUT2D eigenvalue weighted by molar-refractivity contribution is 7.88. The summed E-state index contributed by atoms with van der Waals surface area (Å²) in [6, 6.07) is 0. The van der Waals surface area contributed by atoms with Crippen molar-refractivity contribution in [3.05, 3.63) is 0 Å². The summed E-state index contributed by atoms with van der Waals surface area (Å²) >= 11 is 0. The van der Waals surface area contributed by atoms with Crippen LogP contribution in [-0.2, 0) is 19.6 Å². The van der Waals surface area contributed by atoms with Gasteiger partial charge in [0.15, 0.2) is 0 Å². The molecule has 0 aromatic rings. The van der Waals surface area contributed by atoms with E-state index >= 15 is 0 Å². The monoisotopic (exact) mass is 332 g/mol. The van der Waals surface area contributed by atoms with Gasteiger partial charge in [-0.1, -0.05) is 0 Å². The Labute approximate surface area is 121 Å². The minimum atomic E-state index is -4.23. The molecule has 1 saturated heterocycles. The van der Waals surface area contributed by atoms with Gasteiger partial charge in [0.25, 0.3) is 0 Å². The maximum Gasteiger partial charge on any atom is 0.401 e. The molecule has 0 atom stereocenters. The summed E-state index contributed by atoms with van der Waals surface area (Å²) in [6.07, 6.45) is -2.61. The molecule has 1 aliphatic rings. The molecule has 1 heterocycles. The van der Waals surface area contributed by atoms with Gasteiger partial charge in [-0.05, 0) is 25.9 Å². The van der Waals surface area contributed by atoms with Gasteiger partial charge < -0.3 is 4.74 Å². The van der Waals surface area contributed by atoms with Crippen molar-refractivity contribution in [3.8, 4) is 0 Å². The largest absolute Gasteiger partial charge is 0.464 e. The van der Waals surface area contributed by atoms with Crippen LogP contribution in [0.15, 0.2) is 0 Å². The number of hydrogen-bond donors (Lipinski definition) is 1. The lowest BCUT2D eigenvalue weighted by Crippen LogP contribution is -2.42. The molecule has 1 aliphatic heterocycles. The summed E-state index contributed by atoms with van der Waals surface area (Å²) in [4.78, 5) is 12.9. The van der Waals surface area contributed by atoms with Gasteiger partial charge >= 0.3 is 12.1 Å². The van der Waals surface area contributed by atoms with E-state index in [1.54, 1.807) is 0 Å². The van der Waals surface area contributed by atoms with Crippen LogP contribution >= 0.6 is 0 Å². The molecule has 0 radical (unpaired) electrons. The zero-order chi connectivity index (χ0) is 16.1. The fraction of sp³-hybridized carbons (Fsp3) is 0.909. The Balaban J connectivity index is 2.23. The van der Waals surface area contributed by atoms with E-state index in [0.717, 1.165) is 6.26 Å². The standard InChI is InChI=1S/C11H19F3N2O4S/c1-21(18,19)15-4-7-20-10(17)9-2-5-16(6-3-9)8-11(12,13)14/h9,15H,2-8H2,1H3. The number of rotatable bonds is 6. The van der Waals surface area contributed by atoms with E-state index in [-0.39, 0.29) is 26.2 Å². The van der Waals surface area contributed by atoms with E-state index < -0.39 is 34.6 Å². The Kier molecular flexibility index (Phi) is 6.41. The Bertz CT molecular complexity index is 445. The number of piperidine rings is 1. The van der Waals surface area contributed by atoms with E-state index in [1.807, 2.05) is 0 Å². The summed E-state index contributed by atoms with van der Waals surface area (Å²) in [5, 5.41) is 0. The number of ether oxygens (including phenoxy) is 1. The molecule has 0 unspecified atom stereocenters. The van der Waals surface area contributed by atoms with Crippen LogP contribution in [-0.4, -0.2) is 64.5 Å². The number of halogens is 3. The second kappa shape index (κ2) is 7.41. The number of carbonyl (C=O) groups is 1. The average molecular weight is 332 g/mol. The lowest BCUT2D eigenvalue weighted by atomic mass is 9.97. The second-order valence-electron chi connectivity index (χ2n) is 5.00. The molecule has 0 amide bonds. The molecule has 0 aliphatic carbocycles. The molecule has 6 nitrogen and oxygen atoms in total. The van der Waals surface area contributed by atoms with E-state index in [0.29, 0.717) is 12.8 Å². The third-order valence-corrected chi connectivity index (χ3v) is 3.76. The van der Waals surface area contributed by atoms with Gasteiger partial charge in [-0.15, -0.1) is 0 Å². The predicted octanol–water partition coefficient (Wildman–Crippen LogP) is 0.353. The van der Waals surface area contributed by atoms with Crippen LogP contribution in [0.2, 0.25) is 0 Å². The van der Waals surface area contributed by atoms with Crippen LogP contribution in [0.25, 0.3) is 0 Å². The molecule has 0 bridgehead atoms. The Morgan fingerprint density at radius 2 is 1.90 bits per heavy atom. The topological polar surface area (TPSA) is 75.7 Å². The smallest absolute Gasteiger partial charge is 0.401 e. The Hall–Kier alpha value is -0.870. The summed E-state index contributed by atoms with van der Waals surface area (Å²) in [7, 11) is -3.33. The van der Waals surface area contributed by atoms with Gasteiger partial charge in [-0.3, -0.25) is 9.69 Å². The van der Waals surface area contributed by atoms with Crippen LogP contribution in [0.4, 0.5) is 13.2 Å². The van der Waals surface area contributed by atoms with Crippen molar-refractivity contribution in [3.63, 3.8) is 0 Å². The van der Waals surface area contributed by atoms with Gasteiger partial charge in [0.05, 0.1) is 18.7 Å². The second-order valence-corrected chi connectivity index (χ2v) is 6.83. The minimum Gasteiger partial charge on any atom is -0.464 e. The van der Waals surface area contributed by atoms with Crippen LogP contribution in [0.3, 0.4) is 0 Å². The summed E-state index contributed by atoms with van der Waals surface area (Å²) in [5.41, 5.74) is 0. The van der Waals surface area contributed by atoms with Crippen molar-refractivity contribution >= 4 is 16.0 Å². The highest BCUT2D eigenvalue weighted by atomic mass is 32.2. The van der Waals surface area contributed by atoms with Gasteiger partial charge in [-0.25, -0.2) is 13.1 Å². The Morgan fingerprint density at radius 3 is 2.38 bits per heavy atom. The molecule has 10 heteroatoms. The summed E-state index contributed by atoms with van der Waals surface area (Å²) in [5.74, 6) is -0.912. The summed E-state index contributed by atoms with van der Waals surface area (Å²) < 4.78 is 65.3. The van der Waals surface area contributed by atoms with Crippen molar-refractivity contribution in [1.82, 2.24) is 9.62 Å². The molecule has 1 N–H and O–H groups in total. The van der Waals surface area contributed by atoms with Crippen molar-refractivity contribution in [2.45, 2.75) is 19.0 Å². The highest BCUT2D eigenvalue weighted by Crippen LogP contribution is 2.23. The maximum absolute atomic E-state index is 12.2. The first-order valence-electron chi connectivity index (χ1n) is 6.47. The number of sulfonamides is 1. The van der Waals surface area contributed by atoms with E-state index in [1.165, 1.54) is 4.90 Å². The third-order valence-electron chi connectivity index (χ3n) is 3.03. The van der Waals surface area contributed by atoms with E-state index in [4.69, 9.17) is 4.74 Å². The van der Waals surface area contributed by atoms with Crippen LogP contribution in [0, 0.1) is 5.92 Å². The fourth-order valence-electron chi connectivity index (χ4n) is 2.08. The number of likely N-dealkylation sites (tertiary alicyclic amines) is 1. The maximum atomic E-state index is 12.2. The molecule has 0 aromatic carbocycles. The molecule has 124 valence electrons. The molecular formula is C11H19F3N2O4S. The van der Waals surface area contributed by atoms with Gasteiger partial charge in [0, 0.05) is 6.54 Å². The lowest BCUT2D eigenvalue weighted by Gasteiger charge is -2.31. The molecule has 0 spiro atoms. The zero-order valence-corrected chi connectivity index (χ0v) is 12.5. The molecule has 0 saturated carbocycles. The van der Waals surface area contributed by atoms with Crippen molar-refractivity contribution < 1.29 is 31.1 Å². The first-order valence-corrected chi connectivity index (χ1v) is 8.36. The predicted molar refractivity (Wildman–Crippen MR) is 69.0 cm³/mol. The molecular weight excluding hydrogens is 313 g/mol. The van der Waals surface area contributed by atoms with Gasteiger partial charge in [0.1, 0.15) is 6.61 Å². The summed E-state index contributed by atoms with van der Waals surface area (Å²) in [6.45, 7) is -0.680. The normalized spacial score (nSPS) is 18.7. The SMILES string of the molecule is CS(=O)(=O)NCCOC(=O)C1CCN(CC(F)(F)F)CC1. The fourth-order valence-corrected chi connectivity index (χ4v) is 2.53. The zero-order valence-electron chi connectivity index (χ0n) is 11.6. The van der Waals surface area contributed by atoms with Crippen LogP contribution in [0.5, 0.6) is 0 Å². The molecule has 0 aromatic heterocycles. The first-order chi connectivity index (χ1) is 9.57. The van der Waals surface area contributed by atoms with E-state index in [9.17, 15) is 26.4 Å². The third kappa shape index (κ3) is 8.22. The quantitative estimate of drug-likeness (QED) is 0.561. The van der Waals surface area contributed by atoms with Crippen molar-refractivity contribution in [1.29, 1.82) is 0 Å². The molecule has 21 heavy (non-hydrogen) atoms. The number of alkyl halides is 3. The number of hydrogen-bond acceptors (Lipinski definition) is 5. The average Bonchev–Trinajstić information content (AvgIpc) is 2.32.